The van der Waals surface area contributed by atoms with Crippen molar-refractivity contribution in [3.8, 4) is 22.9 Å². The first-order valence-corrected chi connectivity index (χ1v) is 8.38. The van der Waals surface area contributed by atoms with Gasteiger partial charge in [-0.2, -0.15) is 0 Å². The lowest BCUT2D eigenvalue weighted by molar-refractivity contribution is 0.309. The first-order valence-electron chi connectivity index (χ1n) is 6.79. The van der Waals surface area contributed by atoms with Crippen LogP contribution in [0.3, 0.4) is 0 Å². The fourth-order valence-electron chi connectivity index (χ4n) is 2.27. The van der Waals surface area contributed by atoms with E-state index >= 15 is 0 Å². The van der Waals surface area contributed by atoms with E-state index in [1.165, 1.54) is 0 Å². The molecule has 0 spiro atoms. The van der Waals surface area contributed by atoms with E-state index < -0.39 is 0 Å². The summed E-state index contributed by atoms with van der Waals surface area (Å²) in [6.45, 7) is 2.50. The fourth-order valence-corrected chi connectivity index (χ4v) is 3.27. The van der Waals surface area contributed by atoms with Crippen LogP contribution in [-0.4, -0.2) is 23.7 Å². The highest BCUT2D eigenvalue weighted by Crippen LogP contribution is 2.45. The average Bonchev–Trinajstić information content (AvgIpc) is 2.96. The minimum Gasteiger partial charge on any atom is -0.493 e. The highest BCUT2D eigenvalue weighted by molar-refractivity contribution is 9.13. The molecule has 0 amide bonds. The standard InChI is InChI=1S/C16H14Br2N2O2/c1-3-22-15-12(21-2)8-9(13(17)14(15)18)16-19-10-6-4-5-7-11(10)20-16/h4-8H,3H2,1-2H3,(H,19,20). The summed E-state index contributed by atoms with van der Waals surface area (Å²) in [5.74, 6) is 2.11. The Hall–Kier alpha value is -1.53. The number of nitrogens with zero attached hydrogens (tertiary/aromatic N) is 1. The number of aromatic amines is 1. The minimum atomic E-state index is 0.561. The smallest absolute Gasteiger partial charge is 0.176 e. The number of aromatic nitrogens is 2. The highest BCUT2D eigenvalue weighted by atomic mass is 79.9. The molecule has 2 aromatic carbocycles. The van der Waals surface area contributed by atoms with E-state index in [4.69, 9.17) is 9.47 Å². The summed E-state index contributed by atoms with van der Waals surface area (Å²) in [6, 6.07) is 9.84. The number of hydrogen-bond acceptors (Lipinski definition) is 3. The van der Waals surface area contributed by atoms with Crippen molar-refractivity contribution in [1.29, 1.82) is 0 Å². The maximum Gasteiger partial charge on any atom is 0.176 e. The lowest BCUT2D eigenvalue weighted by Crippen LogP contribution is -1.98. The molecule has 114 valence electrons. The number of ether oxygens (including phenoxy) is 2. The Morgan fingerprint density at radius 3 is 2.64 bits per heavy atom. The molecule has 0 fully saturated rings. The van der Waals surface area contributed by atoms with Gasteiger partial charge in [-0.05, 0) is 57.0 Å². The molecule has 1 aromatic heterocycles. The monoisotopic (exact) mass is 424 g/mol. The Labute approximate surface area is 145 Å². The number of nitrogens with one attached hydrogen (secondary N) is 1. The second-order valence-corrected chi connectivity index (χ2v) is 6.21. The maximum absolute atomic E-state index is 5.66. The molecule has 3 rings (SSSR count). The second-order valence-electron chi connectivity index (χ2n) is 4.62. The van der Waals surface area contributed by atoms with Gasteiger partial charge in [-0.15, -0.1) is 0 Å². The van der Waals surface area contributed by atoms with Crippen LogP contribution in [0, 0.1) is 0 Å². The Morgan fingerprint density at radius 2 is 1.95 bits per heavy atom. The fraction of sp³-hybridized carbons (Fsp3) is 0.188. The van der Waals surface area contributed by atoms with Gasteiger partial charge in [0, 0.05) is 10.0 Å². The molecular weight excluding hydrogens is 412 g/mol. The van der Waals surface area contributed by atoms with Gasteiger partial charge in [-0.1, -0.05) is 12.1 Å². The molecule has 0 saturated carbocycles. The number of rotatable bonds is 4. The van der Waals surface area contributed by atoms with Gasteiger partial charge >= 0.3 is 0 Å². The molecule has 0 aliphatic rings. The maximum atomic E-state index is 5.66. The number of methoxy groups -OCH3 is 1. The number of fused-ring (bicyclic) bond motifs is 1. The van der Waals surface area contributed by atoms with E-state index in [9.17, 15) is 0 Å². The van der Waals surface area contributed by atoms with Crippen molar-refractivity contribution in [2.24, 2.45) is 0 Å². The van der Waals surface area contributed by atoms with E-state index in [0.29, 0.717) is 18.1 Å². The molecule has 4 nitrogen and oxygen atoms in total. The van der Waals surface area contributed by atoms with Gasteiger partial charge in [0.2, 0.25) is 0 Å². The van der Waals surface area contributed by atoms with Crippen molar-refractivity contribution in [2.75, 3.05) is 13.7 Å². The molecular formula is C16H14Br2N2O2. The summed E-state index contributed by atoms with van der Waals surface area (Å²) < 4.78 is 12.8. The second kappa shape index (κ2) is 6.30. The lowest BCUT2D eigenvalue weighted by atomic mass is 10.2. The summed E-state index contributed by atoms with van der Waals surface area (Å²) in [7, 11) is 1.63. The van der Waals surface area contributed by atoms with Crippen LogP contribution < -0.4 is 9.47 Å². The zero-order valence-corrected chi connectivity index (χ0v) is 15.3. The van der Waals surface area contributed by atoms with Crippen LogP contribution in [0.4, 0.5) is 0 Å². The number of halogens is 2. The van der Waals surface area contributed by atoms with Crippen molar-refractivity contribution < 1.29 is 9.47 Å². The van der Waals surface area contributed by atoms with E-state index in [-0.39, 0.29) is 0 Å². The summed E-state index contributed by atoms with van der Waals surface area (Å²) in [4.78, 5) is 7.96. The van der Waals surface area contributed by atoms with Gasteiger partial charge in [0.1, 0.15) is 5.82 Å². The van der Waals surface area contributed by atoms with Crippen LogP contribution in [0.2, 0.25) is 0 Å². The Balaban J connectivity index is 2.20. The normalized spacial score (nSPS) is 10.9. The summed E-state index contributed by atoms with van der Waals surface area (Å²) in [5.41, 5.74) is 2.82. The van der Waals surface area contributed by atoms with E-state index in [1.54, 1.807) is 7.11 Å². The third kappa shape index (κ3) is 2.61. The molecule has 0 aliphatic carbocycles. The zero-order chi connectivity index (χ0) is 15.7. The topological polar surface area (TPSA) is 47.1 Å². The van der Waals surface area contributed by atoms with Gasteiger partial charge in [-0.3, -0.25) is 0 Å². The van der Waals surface area contributed by atoms with Gasteiger partial charge in [0.25, 0.3) is 0 Å². The Kier molecular flexibility index (Phi) is 4.40. The predicted molar refractivity (Wildman–Crippen MR) is 94.7 cm³/mol. The number of imidazole rings is 1. The lowest BCUT2D eigenvalue weighted by Gasteiger charge is -2.14. The van der Waals surface area contributed by atoms with E-state index in [0.717, 1.165) is 31.4 Å². The van der Waals surface area contributed by atoms with Crippen LogP contribution in [0.5, 0.6) is 11.5 Å². The first kappa shape index (κ1) is 15.4. The number of benzene rings is 2. The van der Waals surface area contributed by atoms with Gasteiger partial charge in [0.15, 0.2) is 11.5 Å². The van der Waals surface area contributed by atoms with Crippen molar-refractivity contribution in [2.45, 2.75) is 6.92 Å². The Morgan fingerprint density at radius 1 is 1.18 bits per heavy atom. The van der Waals surface area contributed by atoms with Crippen LogP contribution in [-0.2, 0) is 0 Å². The summed E-state index contributed by atoms with van der Waals surface area (Å²) >= 11 is 7.19. The first-order chi connectivity index (χ1) is 10.7. The number of hydrogen-bond donors (Lipinski definition) is 1. The van der Waals surface area contributed by atoms with Crippen LogP contribution in [0.25, 0.3) is 22.4 Å². The summed E-state index contributed by atoms with van der Waals surface area (Å²) in [6.07, 6.45) is 0. The van der Waals surface area contributed by atoms with Crippen LogP contribution in [0.1, 0.15) is 6.92 Å². The molecule has 1 heterocycles. The molecule has 0 saturated heterocycles. The van der Waals surface area contributed by atoms with Gasteiger partial charge in [0.05, 0.1) is 29.2 Å². The molecule has 22 heavy (non-hydrogen) atoms. The van der Waals surface area contributed by atoms with Crippen molar-refractivity contribution in [3.63, 3.8) is 0 Å². The molecule has 0 aliphatic heterocycles. The largest absolute Gasteiger partial charge is 0.493 e. The van der Waals surface area contributed by atoms with E-state index in [1.807, 2.05) is 37.3 Å². The zero-order valence-electron chi connectivity index (χ0n) is 12.1. The molecule has 1 N–H and O–H groups in total. The average molecular weight is 426 g/mol. The molecule has 0 radical (unpaired) electrons. The SMILES string of the molecule is CCOc1c(OC)cc(-c2nc3ccccc3[nH]2)c(Br)c1Br. The van der Waals surface area contributed by atoms with Gasteiger partial charge in [-0.25, -0.2) is 4.98 Å². The molecule has 6 heteroatoms. The highest BCUT2D eigenvalue weighted by Gasteiger charge is 2.19. The van der Waals surface area contributed by atoms with E-state index in [2.05, 4.69) is 41.8 Å². The number of para-hydroxylation sites is 2. The quantitative estimate of drug-likeness (QED) is 0.627. The van der Waals surface area contributed by atoms with Crippen molar-refractivity contribution in [1.82, 2.24) is 9.97 Å². The molecule has 0 unspecified atom stereocenters. The third-order valence-electron chi connectivity index (χ3n) is 3.28. The molecule has 3 aromatic rings. The number of H-pyrrole nitrogens is 1. The minimum absolute atomic E-state index is 0.561. The summed E-state index contributed by atoms with van der Waals surface area (Å²) in [5, 5.41) is 0. The molecule has 0 bridgehead atoms. The van der Waals surface area contributed by atoms with Crippen LogP contribution >= 0.6 is 31.9 Å². The van der Waals surface area contributed by atoms with Crippen LogP contribution in [0.15, 0.2) is 39.3 Å². The van der Waals surface area contributed by atoms with Crippen molar-refractivity contribution in [3.05, 3.63) is 39.3 Å². The third-order valence-corrected chi connectivity index (χ3v) is 5.39. The van der Waals surface area contributed by atoms with Gasteiger partial charge < -0.3 is 14.5 Å². The molecule has 0 atom stereocenters. The van der Waals surface area contributed by atoms with Crippen molar-refractivity contribution >= 4 is 42.9 Å². The predicted octanol–water partition coefficient (Wildman–Crippen LogP) is 5.16. The Bertz CT molecular complexity index is 797.